The summed E-state index contributed by atoms with van der Waals surface area (Å²) in [6, 6.07) is 19.9. The first kappa shape index (κ1) is 25.2. The molecule has 4 nitrogen and oxygen atoms in total. The maximum atomic E-state index is 13.1. The fourth-order valence-electron chi connectivity index (χ4n) is 3.98. The van der Waals surface area contributed by atoms with Gasteiger partial charge in [0.15, 0.2) is 11.5 Å². The molecule has 34 heavy (non-hydrogen) atoms. The van der Waals surface area contributed by atoms with Gasteiger partial charge < -0.3 is 9.47 Å². The third-order valence-corrected chi connectivity index (χ3v) is 5.54. The van der Waals surface area contributed by atoms with Gasteiger partial charge in [-0.05, 0) is 66.5 Å². The van der Waals surface area contributed by atoms with Gasteiger partial charge in [-0.25, -0.2) is 9.59 Å². The lowest BCUT2D eigenvalue weighted by atomic mass is 9.89. The number of rotatable bonds is 9. The Kier molecular flexibility index (Phi) is 8.64. The predicted molar refractivity (Wildman–Crippen MR) is 136 cm³/mol. The van der Waals surface area contributed by atoms with Crippen LogP contribution in [0.1, 0.15) is 72.0 Å². The Labute approximate surface area is 202 Å². The Morgan fingerprint density at radius 2 is 1.15 bits per heavy atom. The van der Waals surface area contributed by atoms with Gasteiger partial charge in [-0.3, -0.25) is 0 Å². The van der Waals surface area contributed by atoms with Crippen molar-refractivity contribution in [2.45, 2.75) is 53.9 Å². The largest absolute Gasteiger partial charge is 0.419 e. The van der Waals surface area contributed by atoms with Gasteiger partial charge in [0.25, 0.3) is 0 Å². The summed E-state index contributed by atoms with van der Waals surface area (Å²) < 4.78 is 12.0. The van der Waals surface area contributed by atoms with E-state index in [9.17, 15) is 9.59 Å². The SMILES string of the molecule is CCc1cc(CC(C)C)c(CC(C)C)c(OC(=O)c2ccccc2)c1OC(=O)c1ccccc1. The Bertz CT molecular complexity index is 1120. The second kappa shape index (κ2) is 11.6. The summed E-state index contributed by atoms with van der Waals surface area (Å²) in [6.07, 6.45) is 2.19. The fourth-order valence-corrected chi connectivity index (χ4v) is 3.98. The molecule has 0 radical (unpaired) electrons. The van der Waals surface area contributed by atoms with Gasteiger partial charge in [-0.2, -0.15) is 0 Å². The predicted octanol–water partition coefficient (Wildman–Crippen LogP) is 7.08. The van der Waals surface area contributed by atoms with Crippen LogP contribution in [-0.4, -0.2) is 11.9 Å². The molecule has 0 atom stereocenters. The van der Waals surface area contributed by atoms with Crippen molar-refractivity contribution in [3.63, 3.8) is 0 Å². The Morgan fingerprint density at radius 3 is 1.59 bits per heavy atom. The second-order valence-electron chi connectivity index (χ2n) is 9.39. The highest BCUT2D eigenvalue weighted by Crippen LogP contribution is 2.41. The van der Waals surface area contributed by atoms with E-state index in [2.05, 4.69) is 33.8 Å². The van der Waals surface area contributed by atoms with Gasteiger partial charge in [-0.1, -0.05) is 77.1 Å². The number of carbonyl (C=O) groups excluding carboxylic acids is 2. The molecule has 0 aliphatic rings. The summed E-state index contributed by atoms with van der Waals surface area (Å²) in [6.45, 7) is 10.6. The zero-order valence-electron chi connectivity index (χ0n) is 20.8. The van der Waals surface area contributed by atoms with Gasteiger partial charge in [0.1, 0.15) is 0 Å². The molecule has 0 spiro atoms. The van der Waals surface area contributed by atoms with Crippen LogP contribution >= 0.6 is 0 Å². The molecule has 0 saturated heterocycles. The van der Waals surface area contributed by atoms with Crippen LogP contribution in [0.25, 0.3) is 0 Å². The van der Waals surface area contributed by atoms with Crippen molar-refractivity contribution in [1.29, 1.82) is 0 Å². The van der Waals surface area contributed by atoms with Crippen LogP contribution in [0.4, 0.5) is 0 Å². The normalized spacial score (nSPS) is 11.0. The van der Waals surface area contributed by atoms with E-state index < -0.39 is 11.9 Å². The maximum Gasteiger partial charge on any atom is 0.343 e. The molecule has 178 valence electrons. The molecule has 0 aliphatic carbocycles. The molecule has 0 aliphatic heterocycles. The average Bonchev–Trinajstić information content (AvgIpc) is 2.82. The minimum Gasteiger partial charge on any atom is -0.419 e. The molecule has 3 aromatic rings. The van der Waals surface area contributed by atoms with Crippen molar-refractivity contribution in [2.24, 2.45) is 11.8 Å². The number of ether oxygens (including phenoxy) is 2. The van der Waals surface area contributed by atoms with Crippen LogP contribution in [0.2, 0.25) is 0 Å². The lowest BCUT2D eigenvalue weighted by Gasteiger charge is -2.23. The van der Waals surface area contributed by atoms with Crippen LogP contribution in [0.5, 0.6) is 11.5 Å². The van der Waals surface area contributed by atoms with Crippen LogP contribution in [0, 0.1) is 11.8 Å². The Balaban J connectivity index is 2.17. The van der Waals surface area contributed by atoms with Crippen LogP contribution in [0.3, 0.4) is 0 Å². The van der Waals surface area contributed by atoms with Gasteiger partial charge in [0.2, 0.25) is 0 Å². The van der Waals surface area contributed by atoms with Crippen molar-refractivity contribution in [3.05, 3.63) is 94.5 Å². The first-order chi connectivity index (χ1) is 16.3. The van der Waals surface area contributed by atoms with E-state index in [1.54, 1.807) is 48.5 Å². The molecule has 4 heteroatoms. The van der Waals surface area contributed by atoms with Gasteiger partial charge >= 0.3 is 11.9 Å². The topological polar surface area (TPSA) is 52.6 Å². The van der Waals surface area contributed by atoms with Crippen LogP contribution < -0.4 is 9.47 Å². The third-order valence-electron chi connectivity index (χ3n) is 5.54. The maximum absolute atomic E-state index is 13.1. The third kappa shape index (κ3) is 6.34. The monoisotopic (exact) mass is 458 g/mol. The minimum atomic E-state index is -0.473. The Hall–Kier alpha value is -3.40. The first-order valence-electron chi connectivity index (χ1n) is 12.0. The highest BCUT2D eigenvalue weighted by atomic mass is 16.6. The highest BCUT2D eigenvalue weighted by Gasteiger charge is 2.26. The fraction of sp³-hybridized carbons (Fsp3) is 0.333. The van der Waals surface area contributed by atoms with Gasteiger partial charge in [0.05, 0.1) is 11.1 Å². The molecule has 3 rings (SSSR count). The summed E-state index contributed by atoms with van der Waals surface area (Å²) in [4.78, 5) is 26.2. The molecule has 0 amide bonds. The van der Waals surface area contributed by atoms with Crippen molar-refractivity contribution >= 4 is 11.9 Å². The van der Waals surface area contributed by atoms with Gasteiger partial charge in [0, 0.05) is 5.56 Å². The molecule has 0 heterocycles. The molecule has 0 unspecified atom stereocenters. The molecular formula is C30H34O4. The average molecular weight is 459 g/mol. The summed E-state index contributed by atoms with van der Waals surface area (Å²) in [5, 5.41) is 0. The minimum absolute atomic E-state index is 0.324. The standard InChI is InChI=1S/C30H34O4/c1-6-22-19-25(17-20(2)3)26(18-21(4)5)28(34-30(32)24-15-11-8-12-16-24)27(22)33-29(31)23-13-9-7-10-14-23/h7-16,19-21H,6,17-18H2,1-5H3. The lowest BCUT2D eigenvalue weighted by Crippen LogP contribution is -2.17. The van der Waals surface area contributed by atoms with E-state index in [1.807, 2.05) is 19.1 Å². The zero-order chi connectivity index (χ0) is 24.7. The van der Waals surface area contributed by atoms with Crippen molar-refractivity contribution in [2.75, 3.05) is 0 Å². The number of benzene rings is 3. The van der Waals surface area contributed by atoms with Crippen molar-refractivity contribution < 1.29 is 19.1 Å². The molecule has 0 N–H and O–H groups in total. The molecule has 0 bridgehead atoms. The number of esters is 2. The van der Waals surface area contributed by atoms with E-state index >= 15 is 0 Å². The summed E-state index contributed by atoms with van der Waals surface area (Å²) >= 11 is 0. The van der Waals surface area contributed by atoms with Crippen molar-refractivity contribution in [1.82, 2.24) is 0 Å². The number of hydrogen-bond donors (Lipinski definition) is 0. The molecule has 3 aromatic carbocycles. The lowest BCUT2D eigenvalue weighted by molar-refractivity contribution is 0.0679. The number of carbonyl (C=O) groups is 2. The summed E-state index contributed by atoms with van der Waals surface area (Å²) in [5.41, 5.74) is 3.81. The van der Waals surface area contributed by atoms with Crippen LogP contribution in [0.15, 0.2) is 66.7 Å². The first-order valence-corrected chi connectivity index (χ1v) is 12.0. The molecular weight excluding hydrogens is 424 g/mol. The van der Waals surface area contributed by atoms with E-state index in [-0.39, 0.29) is 0 Å². The van der Waals surface area contributed by atoms with Crippen LogP contribution in [-0.2, 0) is 19.3 Å². The van der Waals surface area contributed by atoms with E-state index in [1.165, 1.54) is 0 Å². The molecule has 0 fully saturated rings. The molecule has 0 saturated carbocycles. The van der Waals surface area contributed by atoms with E-state index in [0.717, 1.165) is 23.1 Å². The quantitative estimate of drug-likeness (QED) is 0.254. The second-order valence-corrected chi connectivity index (χ2v) is 9.39. The van der Waals surface area contributed by atoms with Crippen molar-refractivity contribution in [3.8, 4) is 11.5 Å². The zero-order valence-corrected chi connectivity index (χ0v) is 20.8. The smallest absolute Gasteiger partial charge is 0.343 e. The molecule has 0 aromatic heterocycles. The number of aryl methyl sites for hydroxylation is 1. The summed E-state index contributed by atoms with van der Waals surface area (Å²) in [7, 11) is 0. The Morgan fingerprint density at radius 1 is 0.676 bits per heavy atom. The van der Waals surface area contributed by atoms with E-state index in [4.69, 9.17) is 9.47 Å². The van der Waals surface area contributed by atoms with E-state index in [0.29, 0.717) is 47.3 Å². The highest BCUT2D eigenvalue weighted by molar-refractivity contribution is 5.93. The number of hydrogen-bond acceptors (Lipinski definition) is 4. The van der Waals surface area contributed by atoms with Gasteiger partial charge in [-0.15, -0.1) is 0 Å². The summed E-state index contributed by atoms with van der Waals surface area (Å²) in [5.74, 6) is 0.507.